The number of hydrogen-bond acceptors (Lipinski definition) is 15. The van der Waals surface area contributed by atoms with Crippen LogP contribution in [-0.2, 0) is 39.8 Å². The Labute approximate surface area is 312 Å². The van der Waals surface area contributed by atoms with E-state index < -0.39 is 26.7 Å². The van der Waals surface area contributed by atoms with Crippen LogP contribution in [0.15, 0.2) is 11.4 Å². The molecule has 0 spiro atoms. The zero-order chi connectivity index (χ0) is 36.1. The van der Waals surface area contributed by atoms with Gasteiger partial charge in [-0.3, -0.25) is 4.67 Å². The summed E-state index contributed by atoms with van der Waals surface area (Å²) in [5, 5.41) is 0.786. The smallest absolute Gasteiger partial charge is 0.370 e. The molecule has 12 nitrogen and oxygen atoms in total. The van der Waals surface area contributed by atoms with E-state index in [1.165, 1.54) is 0 Å². The van der Waals surface area contributed by atoms with Gasteiger partial charge >= 0.3 is 26.7 Å². The fraction of sp³-hybridized carbons (Fsp3) is 0.933. The van der Waals surface area contributed by atoms with Gasteiger partial charge in [0, 0.05) is 75.9 Å². The maximum Gasteiger partial charge on any atom is 0.649 e. The van der Waals surface area contributed by atoms with E-state index in [2.05, 4.69) is 50.3 Å². The molecule has 3 atom stereocenters. The Balaban J connectivity index is 4.04. The van der Waals surface area contributed by atoms with Crippen molar-refractivity contribution in [1.82, 2.24) is 14.9 Å². The molecule has 1 heterocycles. The van der Waals surface area contributed by atoms with Crippen LogP contribution < -0.4 is 5.53 Å². The number of nitrogens with zero attached hydrogens (tertiary/aromatic N) is 2. The second kappa shape index (κ2) is 25.7. The predicted octanol–water partition coefficient (Wildman–Crippen LogP) is 5.82. The van der Waals surface area contributed by atoms with Crippen LogP contribution in [0.4, 0.5) is 0 Å². The molecule has 0 amide bonds. The lowest BCUT2D eigenvalue weighted by molar-refractivity contribution is -0.0676. The average Bonchev–Trinajstić information content (AvgIpc) is 3.05. The molecule has 1 aliphatic heterocycles. The Kier molecular flexibility index (Phi) is 25.1. The van der Waals surface area contributed by atoms with Crippen LogP contribution in [0, 0.1) is 0 Å². The average molecular weight is 794 g/mol. The number of hydrogen-bond donors (Lipinski definition) is 4. The van der Waals surface area contributed by atoms with Gasteiger partial charge in [-0.25, -0.2) is 0 Å². The third-order valence-corrected chi connectivity index (χ3v) is 17.0. The van der Waals surface area contributed by atoms with Gasteiger partial charge in [0.2, 0.25) is 0 Å². The third kappa shape index (κ3) is 14.7. The monoisotopic (exact) mass is 793 g/mol. The van der Waals surface area contributed by atoms with Crippen LogP contribution in [0.25, 0.3) is 0 Å². The summed E-state index contributed by atoms with van der Waals surface area (Å²) in [6.07, 6.45) is 6.54. The molecule has 18 heteroatoms. The van der Waals surface area contributed by atoms with E-state index in [0.717, 1.165) is 61.0 Å². The second-order valence-electron chi connectivity index (χ2n) is 11.3. The lowest BCUT2D eigenvalue weighted by atomic mass is 10.2. The molecule has 286 valence electrons. The van der Waals surface area contributed by atoms with E-state index in [4.69, 9.17) is 39.8 Å². The highest BCUT2D eigenvalue weighted by atomic mass is 32.1. The van der Waals surface area contributed by atoms with Crippen molar-refractivity contribution in [1.29, 1.82) is 0 Å². The molecule has 3 unspecified atom stereocenters. The molecule has 0 aromatic rings. The second-order valence-corrected chi connectivity index (χ2v) is 19.9. The molecule has 1 N–H and O–H groups in total. The lowest BCUT2D eigenvalue weighted by Crippen LogP contribution is -2.77. The SMILES string of the molecule is CCO[Si](OCC)(OC(C)CCCS)C1=CN([Si](OCC)(OCC)OC(C)CCCS)NN([Si](OCC)(OCC)OC(C)CCCS)C1. The fourth-order valence-corrected chi connectivity index (χ4v) is 14.1. The molecular formula is C30H67N3O9S3Si3. The summed E-state index contributed by atoms with van der Waals surface area (Å²) in [6, 6.07) is 0. The first kappa shape index (κ1) is 46.8. The summed E-state index contributed by atoms with van der Waals surface area (Å²) < 4.78 is 63.6. The number of thiol groups is 3. The van der Waals surface area contributed by atoms with E-state index in [1.807, 2.05) is 70.9 Å². The molecular weight excluding hydrogens is 727 g/mol. The normalized spacial score (nSPS) is 17.1. The van der Waals surface area contributed by atoms with Crippen molar-refractivity contribution in [2.75, 3.05) is 63.4 Å². The standard InChI is InChI=1S/C30H67N3O9S3Si3/c1-10-34-46(35-11-2,40-27(7)19-16-22-43)30-25-32(47(36-12-3,37-13-4)41-28(8)20-17-23-44)31-33(26-30)48(38-14-5,39-15-6)42-29(9)21-18-24-45/h25,27-29,31,43-45H,10-24,26H2,1-9H3. The van der Waals surface area contributed by atoms with Gasteiger partial charge < -0.3 is 39.8 Å². The topological polar surface area (TPSA) is 102 Å². The largest absolute Gasteiger partial charge is 0.649 e. The molecule has 1 aliphatic rings. The van der Waals surface area contributed by atoms with Crippen LogP contribution in [-0.4, -0.2) is 118 Å². The van der Waals surface area contributed by atoms with Crippen molar-refractivity contribution in [3.63, 3.8) is 0 Å². The van der Waals surface area contributed by atoms with Crippen LogP contribution in [0.5, 0.6) is 0 Å². The minimum Gasteiger partial charge on any atom is -0.370 e. The molecule has 0 radical (unpaired) electrons. The van der Waals surface area contributed by atoms with Crippen molar-refractivity contribution < 1.29 is 39.8 Å². The van der Waals surface area contributed by atoms with Crippen LogP contribution in [0.2, 0.25) is 0 Å². The van der Waals surface area contributed by atoms with Gasteiger partial charge in [0.15, 0.2) is 0 Å². The maximum atomic E-state index is 6.87. The third-order valence-electron chi connectivity index (χ3n) is 7.20. The molecule has 48 heavy (non-hydrogen) atoms. The van der Waals surface area contributed by atoms with E-state index in [-0.39, 0.29) is 24.9 Å². The lowest BCUT2D eigenvalue weighted by Gasteiger charge is -2.49. The first-order valence-corrected chi connectivity index (χ1v) is 24.8. The van der Waals surface area contributed by atoms with E-state index >= 15 is 0 Å². The van der Waals surface area contributed by atoms with Crippen LogP contribution >= 0.6 is 37.9 Å². The zero-order valence-corrected chi connectivity index (χ0v) is 36.7. The highest BCUT2D eigenvalue weighted by Gasteiger charge is 2.61. The van der Waals surface area contributed by atoms with Gasteiger partial charge in [0.1, 0.15) is 0 Å². The highest BCUT2D eigenvalue weighted by Crippen LogP contribution is 2.32. The zero-order valence-electron chi connectivity index (χ0n) is 31.0. The summed E-state index contributed by atoms with van der Waals surface area (Å²) in [6.45, 7) is 20.3. The molecule has 0 fully saturated rings. The van der Waals surface area contributed by atoms with Gasteiger partial charge in [-0.2, -0.15) is 48.1 Å². The molecule has 0 aliphatic carbocycles. The summed E-state index contributed by atoms with van der Waals surface area (Å²) in [7, 11) is -10.9. The van der Waals surface area contributed by atoms with Crippen molar-refractivity contribution >= 4 is 64.6 Å². The molecule has 0 bridgehead atoms. The number of rotatable bonds is 30. The highest BCUT2D eigenvalue weighted by molar-refractivity contribution is 7.80. The van der Waals surface area contributed by atoms with E-state index in [1.54, 1.807) is 0 Å². The summed E-state index contributed by atoms with van der Waals surface area (Å²) >= 11 is 13.3. The van der Waals surface area contributed by atoms with Gasteiger partial charge in [-0.1, -0.05) is 0 Å². The van der Waals surface area contributed by atoms with Gasteiger partial charge in [-0.05, 0) is 118 Å². The summed E-state index contributed by atoms with van der Waals surface area (Å²) in [5.74, 6) is 2.27. The van der Waals surface area contributed by atoms with Gasteiger partial charge in [0.05, 0.1) is 0 Å². The summed E-state index contributed by atoms with van der Waals surface area (Å²) in [5.41, 5.74) is 3.55. The molecule has 0 saturated carbocycles. The Morgan fingerprint density at radius 3 is 1.38 bits per heavy atom. The molecule has 0 saturated heterocycles. The Morgan fingerprint density at radius 1 is 0.604 bits per heavy atom. The van der Waals surface area contributed by atoms with Crippen molar-refractivity contribution in [2.45, 2.75) is 119 Å². The first-order chi connectivity index (χ1) is 23.0. The van der Waals surface area contributed by atoms with E-state index in [9.17, 15) is 0 Å². The maximum absolute atomic E-state index is 6.87. The van der Waals surface area contributed by atoms with Crippen molar-refractivity contribution in [3.05, 3.63) is 11.4 Å². The van der Waals surface area contributed by atoms with Crippen LogP contribution in [0.1, 0.15) is 101 Å². The fourth-order valence-electron chi connectivity index (χ4n) is 5.24. The predicted molar refractivity (Wildman–Crippen MR) is 208 cm³/mol. The first-order valence-electron chi connectivity index (χ1n) is 17.8. The van der Waals surface area contributed by atoms with Gasteiger partial charge in [-0.15, -0.1) is 0 Å². The Hall–Kier alpha value is 0.801. The molecule has 0 aromatic carbocycles. The van der Waals surface area contributed by atoms with Gasteiger partial charge in [0.25, 0.3) is 0 Å². The quantitative estimate of drug-likeness (QED) is 0.0521. The Bertz CT molecular complexity index is 861. The van der Waals surface area contributed by atoms with Crippen LogP contribution in [0.3, 0.4) is 0 Å². The summed E-state index contributed by atoms with van der Waals surface area (Å²) in [4.78, 5) is 0. The van der Waals surface area contributed by atoms with E-state index in [0.29, 0.717) is 39.6 Å². The Morgan fingerprint density at radius 2 is 0.979 bits per heavy atom. The molecule has 1 rings (SSSR count). The minimum absolute atomic E-state index is 0.142. The number of nitrogens with one attached hydrogen (secondary N) is 1. The number of hydrazine groups is 2. The minimum atomic E-state index is -3.69. The van der Waals surface area contributed by atoms with Crippen molar-refractivity contribution in [3.8, 4) is 0 Å². The van der Waals surface area contributed by atoms with Crippen molar-refractivity contribution in [2.24, 2.45) is 0 Å². The molecule has 0 aromatic heterocycles.